The maximum Gasteiger partial charge on any atom is 0.221 e. The third-order valence-electron chi connectivity index (χ3n) is 3.93. The van der Waals surface area contributed by atoms with Gasteiger partial charge in [-0.15, -0.1) is 0 Å². The second-order valence-corrected chi connectivity index (χ2v) is 6.13. The van der Waals surface area contributed by atoms with Gasteiger partial charge in [0.05, 0.1) is 0 Å². The summed E-state index contributed by atoms with van der Waals surface area (Å²) in [6.45, 7) is 2.62. The molecule has 4 nitrogen and oxygen atoms in total. The predicted octanol–water partition coefficient (Wildman–Crippen LogP) is 3.25. The molecule has 2 aromatic rings. The van der Waals surface area contributed by atoms with Gasteiger partial charge in [0.25, 0.3) is 0 Å². The Hall–Kier alpha value is -2.61. The summed E-state index contributed by atoms with van der Waals surface area (Å²) in [5.74, 6) is -4.14. The van der Waals surface area contributed by atoms with Crippen molar-refractivity contribution in [2.75, 3.05) is 11.9 Å². The molecular formula is C19H21F4N3O. The van der Waals surface area contributed by atoms with Crippen LogP contribution in [0, 0.1) is 23.3 Å². The van der Waals surface area contributed by atoms with Crippen molar-refractivity contribution in [2.45, 2.75) is 32.4 Å². The molecule has 1 atom stereocenters. The summed E-state index contributed by atoms with van der Waals surface area (Å²) in [4.78, 5) is 12.0. The van der Waals surface area contributed by atoms with E-state index in [9.17, 15) is 22.4 Å². The largest absolute Gasteiger partial charge is 0.385 e. The first-order valence-electron chi connectivity index (χ1n) is 8.48. The van der Waals surface area contributed by atoms with Crippen molar-refractivity contribution in [3.63, 3.8) is 0 Å². The minimum atomic E-state index is -1.28. The lowest BCUT2D eigenvalue weighted by Gasteiger charge is -2.14. The fourth-order valence-electron chi connectivity index (χ4n) is 2.64. The predicted molar refractivity (Wildman–Crippen MR) is 95.0 cm³/mol. The first-order chi connectivity index (χ1) is 12.8. The number of amides is 1. The number of benzene rings is 2. The van der Waals surface area contributed by atoms with Crippen LogP contribution in [0.25, 0.3) is 0 Å². The number of anilines is 1. The molecule has 0 spiro atoms. The molecule has 0 saturated heterocycles. The van der Waals surface area contributed by atoms with Crippen LogP contribution in [0.2, 0.25) is 0 Å². The van der Waals surface area contributed by atoms with E-state index in [1.165, 1.54) is 12.1 Å². The van der Waals surface area contributed by atoms with Gasteiger partial charge in [-0.3, -0.25) is 4.79 Å². The molecule has 0 aliphatic heterocycles. The third kappa shape index (κ3) is 5.96. The molecule has 0 saturated carbocycles. The van der Waals surface area contributed by atoms with Crippen molar-refractivity contribution < 1.29 is 22.4 Å². The molecule has 1 amide bonds. The number of nitrogens with one attached hydrogen (secondary N) is 2. The highest BCUT2D eigenvalue weighted by atomic mass is 19.2. The van der Waals surface area contributed by atoms with E-state index in [0.29, 0.717) is 23.9 Å². The first kappa shape index (κ1) is 20.7. The van der Waals surface area contributed by atoms with Crippen LogP contribution in [0.15, 0.2) is 30.3 Å². The number of hydrogen-bond acceptors (Lipinski definition) is 3. The van der Waals surface area contributed by atoms with E-state index in [-0.39, 0.29) is 24.9 Å². The number of hydrogen-bond donors (Lipinski definition) is 3. The van der Waals surface area contributed by atoms with Gasteiger partial charge in [0.1, 0.15) is 11.6 Å². The van der Waals surface area contributed by atoms with Crippen molar-refractivity contribution >= 4 is 11.6 Å². The number of carbonyl (C=O) groups excluding carboxylic acids is 1. The summed E-state index contributed by atoms with van der Waals surface area (Å²) in [5.41, 5.74) is 7.00. The highest BCUT2D eigenvalue weighted by Crippen LogP contribution is 2.18. The molecule has 0 radical (unpaired) electrons. The summed E-state index contributed by atoms with van der Waals surface area (Å²) < 4.78 is 53.1. The zero-order chi connectivity index (χ0) is 20.0. The zero-order valence-electron chi connectivity index (χ0n) is 14.8. The van der Waals surface area contributed by atoms with E-state index in [4.69, 9.17) is 5.73 Å². The molecule has 8 heteroatoms. The summed E-state index contributed by atoms with van der Waals surface area (Å²) >= 11 is 0. The molecule has 2 aromatic carbocycles. The minimum Gasteiger partial charge on any atom is -0.385 e. The third-order valence-corrected chi connectivity index (χ3v) is 3.93. The molecule has 27 heavy (non-hydrogen) atoms. The molecule has 4 N–H and O–H groups in total. The van der Waals surface area contributed by atoms with Crippen molar-refractivity contribution in [3.8, 4) is 0 Å². The number of halogens is 4. The van der Waals surface area contributed by atoms with Gasteiger partial charge in [0.2, 0.25) is 5.91 Å². The summed E-state index contributed by atoms with van der Waals surface area (Å²) in [7, 11) is 0. The van der Waals surface area contributed by atoms with E-state index in [0.717, 1.165) is 6.07 Å². The highest BCUT2D eigenvalue weighted by molar-refractivity contribution is 5.76. The van der Waals surface area contributed by atoms with E-state index in [2.05, 4.69) is 10.6 Å². The average molecular weight is 383 g/mol. The zero-order valence-corrected chi connectivity index (χ0v) is 14.8. The van der Waals surface area contributed by atoms with Crippen LogP contribution in [-0.2, 0) is 17.8 Å². The van der Waals surface area contributed by atoms with Crippen LogP contribution in [-0.4, -0.2) is 18.5 Å². The molecule has 0 fully saturated rings. The fraction of sp³-hybridized carbons (Fsp3) is 0.316. The van der Waals surface area contributed by atoms with Crippen LogP contribution in [0.3, 0.4) is 0 Å². The van der Waals surface area contributed by atoms with Crippen molar-refractivity contribution in [3.05, 3.63) is 64.7 Å². The van der Waals surface area contributed by atoms with E-state index in [1.54, 1.807) is 6.07 Å². The van der Waals surface area contributed by atoms with Crippen molar-refractivity contribution in [1.82, 2.24) is 5.32 Å². The Morgan fingerprint density at radius 3 is 2.44 bits per heavy atom. The molecule has 146 valence electrons. The van der Waals surface area contributed by atoms with Crippen LogP contribution in [0.1, 0.15) is 24.5 Å². The van der Waals surface area contributed by atoms with Crippen LogP contribution in [0.4, 0.5) is 23.2 Å². The molecule has 0 aliphatic carbocycles. The van der Waals surface area contributed by atoms with Gasteiger partial charge in [-0.05, 0) is 42.7 Å². The van der Waals surface area contributed by atoms with Gasteiger partial charge >= 0.3 is 0 Å². The lowest BCUT2D eigenvalue weighted by Crippen LogP contribution is -2.33. The minimum absolute atomic E-state index is 0.0952. The fourth-order valence-corrected chi connectivity index (χ4v) is 2.64. The Balaban J connectivity index is 1.91. The summed E-state index contributed by atoms with van der Waals surface area (Å²) in [6, 6.07) is 4.61. The molecule has 2 rings (SSSR count). The lowest BCUT2D eigenvalue weighted by molar-refractivity contribution is -0.121. The standard InChI is InChI=1S/C19H21F4N3O/c1-2-25-18-7-13(20)4-3-11(18)10-26-19(27)8-14(24)5-12-6-16(22)17(23)9-15(12)21/h3-4,6-7,9,14,25H,2,5,8,10,24H2,1H3,(H,26,27). The molecule has 0 aliphatic rings. The second kappa shape index (κ2) is 9.36. The van der Waals surface area contributed by atoms with Crippen LogP contribution >= 0.6 is 0 Å². The molecular weight excluding hydrogens is 362 g/mol. The monoisotopic (exact) mass is 383 g/mol. The SMILES string of the molecule is CCNc1cc(F)ccc1CNC(=O)CC(N)Cc1cc(F)c(F)cc1F. The number of rotatable bonds is 8. The average Bonchev–Trinajstić information content (AvgIpc) is 2.59. The van der Waals surface area contributed by atoms with Gasteiger partial charge in [-0.2, -0.15) is 0 Å². The Labute approximate surface area is 154 Å². The van der Waals surface area contributed by atoms with Crippen molar-refractivity contribution in [1.29, 1.82) is 0 Å². The smallest absolute Gasteiger partial charge is 0.221 e. The molecule has 0 heterocycles. The lowest BCUT2D eigenvalue weighted by atomic mass is 10.0. The molecule has 1 unspecified atom stereocenters. The summed E-state index contributed by atoms with van der Waals surface area (Å²) in [5, 5.41) is 5.67. The maximum absolute atomic E-state index is 13.6. The van der Waals surface area contributed by atoms with Crippen molar-refractivity contribution in [2.24, 2.45) is 5.73 Å². The quantitative estimate of drug-likeness (QED) is 0.484. The summed E-state index contributed by atoms with van der Waals surface area (Å²) in [6.07, 6.45) is -0.244. The van der Waals surface area contributed by atoms with Crippen LogP contribution in [0.5, 0.6) is 0 Å². The van der Waals surface area contributed by atoms with E-state index in [1.807, 2.05) is 6.92 Å². The van der Waals surface area contributed by atoms with Gasteiger partial charge in [-0.25, -0.2) is 17.6 Å². The maximum atomic E-state index is 13.6. The van der Waals surface area contributed by atoms with Crippen LogP contribution < -0.4 is 16.4 Å². The van der Waals surface area contributed by atoms with Gasteiger partial charge in [0, 0.05) is 37.3 Å². The highest BCUT2D eigenvalue weighted by Gasteiger charge is 2.16. The Morgan fingerprint density at radius 1 is 1.04 bits per heavy atom. The number of nitrogens with two attached hydrogens (primary N) is 1. The Bertz CT molecular complexity index is 814. The van der Waals surface area contributed by atoms with E-state index < -0.39 is 35.2 Å². The number of carbonyl (C=O) groups is 1. The van der Waals surface area contributed by atoms with Gasteiger partial charge in [-0.1, -0.05) is 6.07 Å². The first-order valence-corrected chi connectivity index (χ1v) is 8.48. The van der Waals surface area contributed by atoms with E-state index >= 15 is 0 Å². The molecule has 0 bridgehead atoms. The molecule has 0 aromatic heterocycles. The Morgan fingerprint density at radius 2 is 1.74 bits per heavy atom. The topological polar surface area (TPSA) is 67.1 Å². The normalized spacial score (nSPS) is 11.9. The Kier molecular flexibility index (Phi) is 7.18. The van der Waals surface area contributed by atoms with Gasteiger partial charge in [0.15, 0.2) is 11.6 Å². The second-order valence-electron chi connectivity index (χ2n) is 6.13. The van der Waals surface area contributed by atoms with Gasteiger partial charge < -0.3 is 16.4 Å².